The molecule has 5 nitrogen and oxygen atoms in total. The molecule has 0 radical (unpaired) electrons. The maximum atomic E-state index is 12.3. The fourth-order valence-corrected chi connectivity index (χ4v) is 3.92. The standard InChI is InChI=1S/C17H25N3O2S/c1-13-14(12-20-6-9-23-10-7-20)3-2-4-15(13)19-17(21)16-11-18-5-8-22-16/h2-4,16,18H,5-12H2,1H3,(H,19,21). The number of carbonyl (C=O) groups is 1. The minimum absolute atomic E-state index is 0.0631. The second kappa shape index (κ2) is 8.15. The first-order valence-electron chi connectivity index (χ1n) is 8.26. The van der Waals surface area contributed by atoms with Crippen LogP contribution in [0.15, 0.2) is 18.2 Å². The second-order valence-electron chi connectivity index (χ2n) is 6.03. The van der Waals surface area contributed by atoms with Crippen LogP contribution < -0.4 is 10.6 Å². The van der Waals surface area contributed by atoms with E-state index in [-0.39, 0.29) is 5.91 Å². The molecule has 2 aliphatic rings. The van der Waals surface area contributed by atoms with Crippen LogP contribution in [-0.4, -0.2) is 61.2 Å². The van der Waals surface area contributed by atoms with Crippen LogP contribution >= 0.6 is 11.8 Å². The van der Waals surface area contributed by atoms with Crippen LogP contribution in [0.25, 0.3) is 0 Å². The summed E-state index contributed by atoms with van der Waals surface area (Å²) in [6, 6.07) is 6.15. The van der Waals surface area contributed by atoms with Crippen LogP contribution in [0.4, 0.5) is 5.69 Å². The number of nitrogens with one attached hydrogen (secondary N) is 2. The lowest BCUT2D eigenvalue weighted by molar-refractivity contribution is -0.128. The van der Waals surface area contributed by atoms with E-state index in [2.05, 4.69) is 28.5 Å². The molecule has 3 rings (SSSR count). The summed E-state index contributed by atoms with van der Waals surface area (Å²) in [6.07, 6.45) is -0.397. The Morgan fingerprint density at radius 3 is 3.00 bits per heavy atom. The number of hydrogen-bond acceptors (Lipinski definition) is 5. The van der Waals surface area contributed by atoms with Crippen molar-refractivity contribution in [1.82, 2.24) is 10.2 Å². The third-order valence-electron chi connectivity index (χ3n) is 4.42. The van der Waals surface area contributed by atoms with Gasteiger partial charge in [-0.2, -0.15) is 11.8 Å². The molecule has 0 spiro atoms. The molecular formula is C17H25N3O2S. The van der Waals surface area contributed by atoms with Crippen molar-refractivity contribution in [3.8, 4) is 0 Å². The number of amides is 1. The number of rotatable bonds is 4. The first-order valence-corrected chi connectivity index (χ1v) is 9.41. The smallest absolute Gasteiger partial charge is 0.254 e. The molecule has 0 bridgehead atoms. The van der Waals surface area contributed by atoms with Crippen molar-refractivity contribution in [1.29, 1.82) is 0 Å². The number of benzene rings is 1. The Bertz CT molecular complexity index is 541. The topological polar surface area (TPSA) is 53.6 Å². The van der Waals surface area contributed by atoms with Gasteiger partial charge in [-0.05, 0) is 24.1 Å². The largest absolute Gasteiger partial charge is 0.366 e. The van der Waals surface area contributed by atoms with Gasteiger partial charge in [-0.15, -0.1) is 0 Å². The highest BCUT2D eigenvalue weighted by Gasteiger charge is 2.22. The van der Waals surface area contributed by atoms with Crippen LogP contribution in [0.2, 0.25) is 0 Å². The zero-order valence-electron chi connectivity index (χ0n) is 13.6. The van der Waals surface area contributed by atoms with Crippen molar-refractivity contribution in [2.24, 2.45) is 0 Å². The van der Waals surface area contributed by atoms with Crippen molar-refractivity contribution in [3.05, 3.63) is 29.3 Å². The minimum atomic E-state index is -0.397. The Kier molecular flexibility index (Phi) is 5.94. The molecule has 0 aromatic heterocycles. The summed E-state index contributed by atoms with van der Waals surface area (Å²) in [5.74, 6) is 2.36. The second-order valence-corrected chi connectivity index (χ2v) is 7.26. The van der Waals surface area contributed by atoms with Crippen molar-refractivity contribution < 1.29 is 9.53 Å². The monoisotopic (exact) mass is 335 g/mol. The van der Waals surface area contributed by atoms with Crippen molar-refractivity contribution in [2.45, 2.75) is 19.6 Å². The van der Waals surface area contributed by atoms with Crippen LogP contribution in [0.3, 0.4) is 0 Å². The zero-order chi connectivity index (χ0) is 16.1. The lowest BCUT2D eigenvalue weighted by Crippen LogP contribution is -2.45. The molecule has 2 aliphatic heterocycles. The van der Waals surface area contributed by atoms with Gasteiger partial charge in [0.1, 0.15) is 6.10 Å². The summed E-state index contributed by atoms with van der Waals surface area (Å²) in [6.45, 7) is 7.30. The number of anilines is 1. The molecule has 6 heteroatoms. The van der Waals surface area contributed by atoms with Gasteiger partial charge in [0.05, 0.1) is 6.61 Å². The third kappa shape index (κ3) is 4.47. The van der Waals surface area contributed by atoms with Gasteiger partial charge in [-0.25, -0.2) is 0 Å². The first kappa shape index (κ1) is 16.8. The molecule has 23 heavy (non-hydrogen) atoms. The molecule has 1 aromatic carbocycles. The number of ether oxygens (including phenoxy) is 1. The summed E-state index contributed by atoms with van der Waals surface area (Å²) >= 11 is 2.02. The number of hydrogen-bond donors (Lipinski definition) is 2. The summed E-state index contributed by atoms with van der Waals surface area (Å²) in [5.41, 5.74) is 3.34. The molecule has 1 unspecified atom stereocenters. The van der Waals surface area contributed by atoms with Crippen LogP contribution in [0.5, 0.6) is 0 Å². The van der Waals surface area contributed by atoms with Crippen LogP contribution in [0.1, 0.15) is 11.1 Å². The van der Waals surface area contributed by atoms with E-state index in [0.717, 1.165) is 37.4 Å². The van der Waals surface area contributed by atoms with Gasteiger partial charge in [-0.3, -0.25) is 9.69 Å². The van der Waals surface area contributed by atoms with Gasteiger partial charge in [0.2, 0.25) is 0 Å². The van der Waals surface area contributed by atoms with Crippen molar-refractivity contribution in [3.63, 3.8) is 0 Å². The molecule has 1 aromatic rings. The molecular weight excluding hydrogens is 310 g/mol. The number of thioether (sulfide) groups is 1. The lowest BCUT2D eigenvalue weighted by Gasteiger charge is -2.27. The summed E-state index contributed by atoms with van der Waals surface area (Å²) in [5, 5.41) is 6.22. The van der Waals surface area contributed by atoms with E-state index < -0.39 is 6.10 Å². The average Bonchev–Trinajstić information content (AvgIpc) is 2.60. The van der Waals surface area contributed by atoms with E-state index in [1.807, 2.05) is 23.9 Å². The maximum absolute atomic E-state index is 12.3. The van der Waals surface area contributed by atoms with E-state index in [1.54, 1.807) is 0 Å². The van der Waals surface area contributed by atoms with Gasteiger partial charge in [-0.1, -0.05) is 12.1 Å². The normalized spacial score (nSPS) is 22.7. The molecule has 0 saturated carbocycles. The average molecular weight is 335 g/mol. The highest BCUT2D eigenvalue weighted by atomic mass is 32.2. The van der Waals surface area contributed by atoms with Gasteiger partial charge in [0, 0.05) is 49.9 Å². The zero-order valence-corrected chi connectivity index (χ0v) is 14.5. The predicted octanol–water partition coefficient (Wildman–Crippen LogP) is 1.47. The molecule has 2 fully saturated rings. The van der Waals surface area contributed by atoms with E-state index in [9.17, 15) is 4.79 Å². The molecule has 2 N–H and O–H groups in total. The number of nitrogens with zero attached hydrogens (tertiary/aromatic N) is 1. The van der Waals surface area contributed by atoms with Crippen molar-refractivity contribution in [2.75, 3.05) is 49.6 Å². The highest BCUT2D eigenvalue weighted by Crippen LogP contribution is 2.22. The predicted molar refractivity (Wildman–Crippen MR) is 95.0 cm³/mol. The summed E-state index contributed by atoms with van der Waals surface area (Å²) in [4.78, 5) is 14.8. The van der Waals surface area contributed by atoms with Gasteiger partial charge in [0.25, 0.3) is 5.91 Å². The maximum Gasteiger partial charge on any atom is 0.254 e. The minimum Gasteiger partial charge on any atom is -0.366 e. The van der Waals surface area contributed by atoms with Gasteiger partial charge < -0.3 is 15.4 Å². The van der Waals surface area contributed by atoms with E-state index >= 15 is 0 Å². The molecule has 1 atom stereocenters. The Labute approximate surface area is 142 Å². The molecule has 0 aliphatic carbocycles. The van der Waals surface area contributed by atoms with E-state index in [1.165, 1.54) is 17.1 Å². The Balaban J connectivity index is 1.65. The number of carbonyl (C=O) groups excluding carboxylic acids is 1. The first-order chi connectivity index (χ1) is 11.2. The fourth-order valence-electron chi connectivity index (χ4n) is 2.94. The number of morpholine rings is 1. The lowest BCUT2D eigenvalue weighted by atomic mass is 10.1. The quantitative estimate of drug-likeness (QED) is 0.873. The SMILES string of the molecule is Cc1c(CN2CCSCC2)cccc1NC(=O)C1CNCCO1. The summed E-state index contributed by atoms with van der Waals surface area (Å²) < 4.78 is 5.52. The fraction of sp³-hybridized carbons (Fsp3) is 0.588. The molecule has 2 saturated heterocycles. The highest BCUT2D eigenvalue weighted by molar-refractivity contribution is 7.99. The van der Waals surface area contributed by atoms with Crippen LogP contribution in [0, 0.1) is 6.92 Å². The Morgan fingerprint density at radius 2 is 2.26 bits per heavy atom. The van der Waals surface area contributed by atoms with Gasteiger partial charge >= 0.3 is 0 Å². The molecule has 1 amide bonds. The molecule has 126 valence electrons. The Hall–Kier alpha value is -1.08. The van der Waals surface area contributed by atoms with E-state index in [4.69, 9.17) is 4.74 Å². The summed E-state index contributed by atoms with van der Waals surface area (Å²) in [7, 11) is 0. The van der Waals surface area contributed by atoms with Crippen molar-refractivity contribution >= 4 is 23.4 Å². The third-order valence-corrected chi connectivity index (χ3v) is 5.36. The van der Waals surface area contributed by atoms with Crippen LogP contribution in [-0.2, 0) is 16.1 Å². The van der Waals surface area contributed by atoms with E-state index in [0.29, 0.717) is 13.2 Å². The van der Waals surface area contributed by atoms with Gasteiger partial charge in [0.15, 0.2) is 0 Å². The molecule has 2 heterocycles. The Morgan fingerprint density at radius 1 is 1.43 bits per heavy atom.